The van der Waals surface area contributed by atoms with Crippen molar-refractivity contribution in [2.45, 2.75) is 19.4 Å². The van der Waals surface area contributed by atoms with Crippen LogP contribution in [0.3, 0.4) is 0 Å². The number of hydrogen-bond acceptors (Lipinski definition) is 4. The minimum absolute atomic E-state index is 0.0169. The van der Waals surface area contributed by atoms with Crippen LogP contribution in [0.4, 0.5) is 4.79 Å². The SMILES string of the molecule is CC#CCCNC(=O)N1CC(n2cc(C(=O)O)nn2)C1. The molecule has 1 aromatic rings. The van der Waals surface area contributed by atoms with Gasteiger partial charge in [0.1, 0.15) is 0 Å². The Hall–Kier alpha value is -2.56. The third-order valence-electron chi connectivity index (χ3n) is 2.96. The number of carboxylic acid groups (broad SMARTS) is 1. The Balaban J connectivity index is 1.76. The molecular formula is C12H15N5O3. The number of likely N-dealkylation sites (tertiary alicyclic amines) is 1. The van der Waals surface area contributed by atoms with E-state index in [1.807, 2.05) is 0 Å². The molecule has 8 heteroatoms. The molecule has 0 unspecified atom stereocenters. The van der Waals surface area contributed by atoms with E-state index in [1.54, 1.807) is 11.8 Å². The van der Waals surface area contributed by atoms with Crippen LogP contribution in [0, 0.1) is 11.8 Å². The Morgan fingerprint density at radius 3 is 2.90 bits per heavy atom. The highest BCUT2D eigenvalue weighted by atomic mass is 16.4. The summed E-state index contributed by atoms with van der Waals surface area (Å²) in [7, 11) is 0. The van der Waals surface area contributed by atoms with E-state index in [2.05, 4.69) is 27.5 Å². The number of aromatic nitrogens is 3. The summed E-state index contributed by atoms with van der Waals surface area (Å²) >= 11 is 0. The van der Waals surface area contributed by atoms with Crippen molar-refractivity contribution in [1.29, 1.82) is 0 Å². The number of hydrogen-bond donors (Lipinski definition) is 2. The van der Waals surface area contributed by atoms with Gasteiger partial charge >= 0.3 is 12.0 Å². The summed E-state index contributed by atoms with van der Waals surface area (Å²) in [6.45, 7) is 3.26. The molecule has 0 bridgehead atoms. The smallest absolute Gasteiger partial charge is 0.358 e. The van der Waals surface area contributed by atoms with Gasteiger partial charge in [-0.2, -0.15) is 0 Å². The van der Waals surface area contributed by atoms with E-state index in [4.69, 9.17) is 5.11 Å². The predicted molar refractivity (Wildman–Crippen MR) is 69.1 cm³/mol. The molecule has 8 nitrogen and oxygen atoms in total. The molecule has 0 aliphatic carbocycles. The van der Waals surface area contributed by atoms with Crippen LogP contribution in [-0.2, 0) is 0 Å². The molecule has 2 rings (SSSR count). The molecule has 1 fully saturated rings. The highest BCUT2D eigenvalue weighted by Gasteiger charge is 2.32. The third kappa shape index (κ3) is 3.06. The summed E-state index contributed by atoms with van der Waals surface area (Å²) in [5.41, 5.74) is -0.0916. The van der Waals surface area contributed by atoms with Crippen molar-refractivity contribution < 1.29 is 14.7 Å². The van der Waals surface area contributed by atoms with Crippen LogP contribution in [0.5, 0.6) is 0 Å². The van der Waals surface area contributed by atoms with Crippen LogP contribution in [-0.4, -0.2) is 56.6 Å². The largest absolute Gasteiger partial charge is 0.476 e. The summed E-state index contributed by atoms with van der Waals surface area (Å²) in [4.78, 5) is 24.0. The van der Waals surface area contributed by atoms with Crippen LogP contribution >= 0.6 is 0 Å². The fourth-order valence-electron chi connectivity index (χ4n) is 1.81. The second-order valence-electron chi connectivity index (χ2n) is 4.36. The quantitative estimate of drug-likeness (QED) is 0.594. The number of rotatable bonds is 4. The maximum Gasteiger partial charge on any atom is 0.358 e. The summed E-state index contributed by atoms with van der Waals surface area (Å²) in [6, 6.07) is -0.158. The van der Waals surface area contributed by atoms with Gasteiger partial charge in [0, 0.05) is 26.1 Å². The Bertz CT molecular complexity index is 565. The van der Waals surface area contributed by atoms with Gasteiger partial charge in [-0.1, -0.05) is 5.21 Å². The van der Waals surface area contributed by atoms with E-state index in [1.165, 1.54) is 10.9 Å². The number of aromatic carboxylic acids is 1. The second kappa shape index (κ2) is 6.06. The lowest BCUT2D eigenvalue weighted by Gasteiger charge is -2.38. The number of amides is 2. The average Bonchev–Trinajstić information content (AvgIpc) is 2.82. The highest BCUT2D eigenvalue weighted by Crippen LogP contribution is 2.20. The Morgan fingerprint density at radius 1 is 1.55 bits per heavy atom. The van der Waals surface area contributed by atoms with Crippen molar-refractivity contribution in [3.8, 4) is 11.8 Å². The maximum atomic E-state index is 11.7. The topological polar surface area (TPSA) is 100 Å². The molecule has 1 aromatic heterocycles. The molecule has 2 heterocycles. The monoisotopic (exact) mass is 277 g/mol. The molecule has 106 valence electrons. The fourth-order valence-corrected chi connectivity index (χ4v) is 1.81. The molecule has 2 N–H and O–H groups in total. The molecule has 0 saturated carbocycles. The van der Waals surface area contributed by atoms with Crippen LogP contribution in [0.25, 0.3) is 0 Å². The number of urea groups is 1. The second-order valence-corrected chi connectivity index (χ2v) is 4.36. The highest BCUT2D eigenvalue weighted by molar-refractivity contribution is 5.84. The van der Waals surface area contributed by atoms with Crippen LogP contribution in [0.2, 0.25) is 0 Å². The minimum Gasteiger partial charge on any atom is -0.476 e. The number of carboxylic acids is 1. The number of nitrogens with zero attached hydrogens (tertiary/aromatic N) is 4. The van der Waals surface area contributed by atoms with Gasteiger partial charge in [-0.25, -0.2) is 14.3 Å². The number of carbonyl (C=O) groups is 2. The fraction of sp³-hybridized carbons (Fsp3) is 0.500. The normalized spacial score (nSPS) is 14.2. The lowest BCUT2D eigenvalue weighted by atomic mass is 10.1. The number of nitrogens with one attached hydrogen (secondary N) is 1. The van der Waals surface area contributed by atoms with Crippen molar-refractivity contribution in [2.75, 3.05) is 19.6 Å². The van der Waals surface area contributed by atoms with E-state index < -0.39 is 5.97 Å². The molecule has 20 heavy (non-hydrogen) atoms. The molecule has 0 radical (unpaired) electrons. The summed E-state index contributed by atoms with van der Waals surface area (Å²) in [5.74, 6) is 4.51. The van der Waals surface area contributed by atoms with E-state index in [0.29, 0.717) is 26.1 Å². The average molecular weight is 277 g/mol. The first kappa shape index (κ1) is 13.9. The standard InChI is InChI=1S/C12H15N5O3/c1-2-3-4-5-13-12(20)16-6-9(7-16)17-8-10(11(18)19)14-15-17/h8-9H,4-7H2,1H3,(H,13,20)(H,18,19). The van der Waals surface area contributed by atoms with Gasteiger partial charge in [-0.15, -0.1) is 16.9 Å². The molecular weight excluding hydrogens is 262 g/mol. The molecule has 0 atom stereocenters. The molecule has 0 spiro atoms. The first-order chi connectivity index (χ1) is 9.61. The zero-order valence-electron chi connectivity index (χ0n) is 11.0. The van der Waals surface area contributed by atoms with Crippen molar-refractivity contribution in [3.05, 3.63) is 11.9 Å². The molecule has 1 aliphatic heterocycles. The van der Waals surface area contributed by atoms with Gasteiger partial charge in [0.2, 0.25) is 0 Å². The Morgan fingerprint density at radius 2 is 2.30 bits per heavy atom. The Labute approximate surface area is 115 Å². The van der Waals surface area contributed by atoms with Gasteiger partial charge in [0.15, 0.2) is 5.69 Å². The predicted octanol–water partition coefficient (Wildman–Crippen LogP) is -0.0440. The number of carbonyl (C=O) groups excluding carboxylic acids is 1. The van der Waals surface area contributed by atoms with Gasteiger partial charge in [-0.3, -0.25) is 0 Å². The first-order valence-corrected chi connectivity index (χ1v) is 6.19. The van der Waals surface area contributed by atoms with E-state index in [0.717, 1.165) is 0 Å². The first-order valence-electron chi connectivity index (χ1n) is 6.19. The minimum atomic E-state index is -1.11. The third-order valence-corrected chi connectivity index (χ3v) is 2.96. The summed E-state index contributed by atoms with van der Waals surface area (Å²) < 4.78 is 1.48. The van der Waals surface area contributed by atoms with Crippen LogP contribution in [0.15, 0.2) is 6.20 Å². The van der Waals surface area contributed by atoms with Crippen molar-refractivity contribution >= 4 is 12.0 Å². The van der Waals surface area contributed by atoms with Crippen molar-refractivity contribution in [3.63, 3.8) is 0 Å². The van der Waals surface area contributed by atoms with Gasteiger partial charge in [-0.05, 0) is 6.92 Å². The lowest BCUT2D eigenvalue weighted by Crippen LogP contribution is -2.54. The van der Waals surface area contributed by atoms with Crippen LogP contribution in [0.1, 0.15) is 29.9 Å². The summed E-state index contributed by atoms with van der Waals surface area (Å²) in [6.07, 6.45) is 2.00. The van der Waals surface area contributed by atoms with Crippen LogP contribution < -0.4 is 5.32 Å². The maximum absolute atomic E-state index is 11.7. The van der Waals surface area contributed by atoms with Gasteiger partial charge in [0.25, 0.3) is 0 Å². The van der Waals surface area contributed by atoms with Gasteiger partial charge in [0.05, 0.1) is 12.2 Å². The zero-order chi connectivity index (χ0) is 14.5. The zero-order valence-corrected chi connectivity index (χ0v) is 11.0. The van der Waals surface area contributed by atoms with E-state index >= 15 is 0 Å². The molecule has 1 aliphatic rings. The van der Waals surface area contributed by atoms with Crippen molar-refractivity contribution in [2.24, 2.45) is 0 Å². The molecule has 1 saturated heterocycles. The lowest BCUT2D eigenvalue weighted by molar-refractivity contribution is 0.0690. The summed E-state index contributed by atoms with van der Waals surface area (Å²) in [5, 5.41) is 18.8. The van der Waals surface area contributed by atoms with Gasteiger partial charge < -0.3 is 15.3 Å². The Kier molecular flexibility index (Phi) is 4.20. The van der Waals surface area contributed by atoms with E-state index in [-0.39, 0.29) is 17.8 Å². The van der Waals surface area contributed by atoms with E-state index in [9.17, 15) is 9.59 Å². The molecule has 2 amide bonds. The van der Waals surface area contributed by atoms with Crippen molar-refractivity contribution in [1.82, 2.24) is 25.2 Å². The molecule has 0 aromatic carbocycles.